The fraction of sp³-hybridized carbons (Fsp3) is 0.692. The van der Waals surface area contributed by atoms with Crippen molar-refractivity contribution >= 4 is 0 Å². The largest absolute Gasteiger partial charge is 0.367 e. The van der Waals surface area contributed by atoms with Crippen molar-refractivity contribution in [1.29, 1.82) is 0 Å². The molecule has 1 aliphatic rings. The average Bonchev–Trinajstić information content (AvgIpc) is 2.62. The number of nitrogens with one attached hydrogen (secondary N) is 1. The highest BCUT2D eigenvalue weighted by atomic mass is 16.5. The van der Waals surface area contributed by atoms with Gasteiger partial charge in [0.1, 0.15) is 11.9 Å². The molecule has 2 rings (SSSR count). The number of hydrogen-bond acceptors (Lipinski definition) is 3. The first-order valence-corrected chi connectivity index (χ1v) is 6.13. The lowest BCUT2D eigenvalue weighted by molar-refractivity contribution is 0.0499. The smallest absolute Gasteiger partial charge is 0.251 e. The fourth-order valence-electron chi connectivity index (χ4n) is 2.02. The lowest BCUT2D eigenvalue weighted by Gasteiger charge is -2.19. The maximum absolute atomic E-state index is 11.6. The predicted octanol–water partition coefficient (Wildman–Crippen LogP) is 2.31. The Morgan fingerprint density at radius 1 is 1.41 bits per heavy atom. The van der Waals surface area contributed by atoms with Gasteiger partial charge in [-0.15, -0.1) is 0 Å². The molecule has 1 aromatic heterocycles. The van der Waals surface area contributed by atoms with Gasteiger partial charge >= 0.3 is 0 Å². The standard InChI is InChI=1S/C13H20N2O2/c1-8-5-6-9(17-8)12-14-10(13(2,3)4)7-11(16)15-12/h7-9H,5-6H2,1-4H3,(H,14,15,16). The predicted molar refractivity (Wildman–Crippen MR) is 66.1 cm³/mol. The van der Waals surface area contributed by atoms with E-state index in [0.717, 1.165) is 18.5 Å². The molecular formula is C13H20N2O2. The Hall–Kier alpha value is -1.16. The van der Waals surface area contributed by atoms with E-state index in [-0.39, 0.29) is 23.2 Å². The molecule has 17 heavy (non-hydrogen) atoms. The first kappa shape index (κ1) is 12.3. The highest BCUT2D eigenvalue weighted by Crippen LogP contribution is 2.30. The Labute approximate surface area is 101 Å². The summed E-state index contributed by atoms with van der Waals surface area (Å²) in [5.74, 6) is 0.673. The van der Waals surface area contributed by atoms with Crippen LogP contribution in [-0.2, 0) is 10.2 Å². The third-order valence-electron chi connectivity index (χ3n) is 3.07. The number of ether oxygens (including phenoxy) is 1. The van der Waals surface area contributed by atoms with Crippen LogP contribution in [0.2, 0.25) is 0 Å². The van der Waals surface area contributed by atoms with Gasteiger partial charge in [-0.1, -0.05) is 20.8 Å². The second-order valence-electron chi connectivity index (χ2n) is 5.78. The van der Waals surface area contributed by atoms with Crippen LogP contribution in [0.3, 0.4) is 0 Å². The highest BCUT2D eigenvalue weighted by molar-refractivity contribution is 5.13. The first-order chi connectivity index (χ1) is 7.86. The Morgan fingerprint density at radius 2 is 2.12 bits per heavy atom. The summed E-state index contributed by atoms with van der Waals surface area (Å²) in [6, 6.07) is 1.57. The maximum atomic E-state index is 11.6. The van der Waals surface area contributed by atoms with Crippen LogP contribution < -0.4 is 5.56 Å². The van der Waals surface area contributed by atoms with Crippen LogP contribution in [0.15, 0.2) is 10.9 Å². The zero-order chi connectivity index (χ0) is 12.6. The summed E-state index contributed by atoms with van der Waals surface area (Å²) in [5.41, 5.74) is 0.607. The van der Waals surface area contributed by atoms with Crippen molar-refractivity contribution in [2.75, 3.05) is 0 Å². The minimum atomic E-state index is -0.118. The molecule has 1 aliphatic heterocycles. The van der Waals surface area contributed by atoms with Crippen molar-refractivity contribution in [3.63, 3.8) is 0 Å². The summed E-state index contributed by atoms with van der Waals surface area (Å²) in [4.78, 5) is 19.0. The molecule has 2 unspecified atom stereocenters. The van der Waals surface area contributed by atoms with E-state index in [0.29, 0.717) is 5.82 Å². The SMILES string of the molecule is CC1CCC(c2nc(C(C)(C)C)cc(=O)[nH]2)O1. The molecule has 0 saturated carbocycles. The summed E-state index contributed by atoms with van der Waals surface area (Å²) < 4.78 is 5.74. The Balaban J connectivity index is 2.36. The molecular weight excluding hydrogens is 216 g/mol. The molecule has 0 radical (unpaired) electrons. The Kier molecular flexibility index (Phi) is 3.08. The van der Waals surface area contributed by atoms with E-state index in [4.69, 9.17) is 4.74 Å². The highest BCUT2D eigenvalue weighted by Gasteiger charge is 2.27. The quantitative estimate of drug-likeness (QED) is 0.814. The topological polar surface area (TPSA) is 55.0 Å². The van der Waals surface area contributed by atoms with Gasteiger partial charge in [0.15, 0.2) is 0 Å². The van der Waals surface area contributed by atoms with Crippen LogP contribution in [0.25, 0.3) is 0 Å². The molecule has 0 spiro atoms. The summed E-state index contributed by atoms with van der Waals surface area (Å²) >= 11 is 0. The van der Waals surface area contributed by atoms with Crippen molar-refractivity contribution in [3.8, 4) is 0 Å². The van der Waals surface area contributed by atoms with Gasteiger partial charge in [0.25, 0.3) is 5.56 Å². The summed E-state index contributed by atoms with van der Waals surface area (Å²) in [5, 5.41) is 0. The molecule has 4 nitrogen and oxygen atoms in total. The summed E-state index contributed by atoms with van der Waals surface area (Å²) in [7, 11) is 0. The lowest BCUT2D eigenvalue weighted by atomic mass is 9.92. The van der Waals surface area contributed by atoms with Gasteiger partial charge < -0.3 is 9.72 Å². The summed E-state index contributed by atoms with van der Waals surface area (Å²) in [6.45, 7) is 8.20. The van der Waals surface area contributed by atoms with E-state index in [1.54, 1.807) is 6.07 Å². The fourth-order valence-corrected chi connectivity index (χ4v) is 2.02. The van der Waals surface area contributed by atoms with Crippen molar-refractivity contribution in [2.45, 2.75) is 58.2 Å². The molecule has 2 atom stereocenters. The van der Waals surface area contributed by atoms with Gasteiger partial charge in [0, 0.05) is 11.5 Å². The van der Waals surface area contributed by atoms with Crippen molar-refractivity contribution < 1.29 is 4.74 Å². The monoisotopic (exact) mass is 236 g/mol. The molecule has 1 N–H and O–H groups in total. The number of nitrogens with zero attached hydrogens (tertiary/aromatic N) is 1. The van der Waals surface area contributed by atoms with Crippen LogP contribution in [0.4, 0.5) is 0 Å². The van der Waals surface area contributed by atoms with E-state index in [1.165, 1.54) is 0 Å². The van der Waals surface area contributed by atoms with E-state index in [2.05, 4.69) is 30.7 Å². The number of aromatic amines is 1. The molecule has 0 bridgehead atoms. The first-order valence-electron chi connectivity index (χ1n) is 6.13. The molecule has 0 amide bonds. The van der Waals surface area contributed by atoms with Crippen LogP contribution >= 0.6 is 0 Å². The molecule has 1 saturated heterocycles. The summed E-state index contributed by atoms with van der Waals surface area (Å²) in [6.07, 6.45) is 2.15. The van der Waals surface area contributed by atoms with Gasteiger partial charge in [-0.2, -0.15) is 0 Å². The second kappa shape index (κ2) is 4.26. The van der Waals surface area contributed by atoms with Crippen LogP contribution in [0.5, 0.6) is 0 Å². The maximum Gasteiger partial charge on any atom is 0.251 e. The van der Waals surface area contributed by atoms with E-state index in [1.807, 2.05) is 6.92 Å². The Bertz CT molecular complexity index is 459. The zero-order valence-electron chi connectivity index (χ0n) is 10.9. The molecule has 4 heteroatoms. The molecule has 0 aliphatic carbocycles. The van der Waals surface area contributed by atoms with Gasteiger partial charge in [-0.05, 0) is 19.8 Å². The van der Waals surface area contributed by atoms with Gasteiger partial charge in [-0.25, -0.2) is 4.98 Å². The second-order valence-corrected chi connectivity index (χ2v) is 5.78. The number of aromatic nitrogens is 2. The Morgan fingerprint density at radius 3 is 2.65 bits per heavy atom. The van der Waals surface area contributed by atoms with Gasteiger partial charge in [0.2, 0.25) is 0 Å². The third-order valence-corrected chi connectivity index (χ3v) is 3.07. The van der Waals surface area contributed by atoms with E-state index in [9.17, 15) is 4.79 Å². The van der Waals surface area contributed by atoms with Crippen molar-refractivity contribution in [2.24, 2.45) is 0 Å². The molecule has 0 aromatic carbocycles. The molecule has 1 fully saturated rings. The molecule has 1 aromatic rings. The van der Waals surface area contributed by atoms with Gasteiger partial charge in [0.05, 0.1) is 11.8 Å². The normalized spacial score (nSPS) is 25.2. The van der Waals surface area contributed by atoms with Gasteiger partial charge in [-0.3, -0.25) is 4.79 Å². The van der Waals surface area contributed by atoms with Crippen LogP contribution in [0.1, 0.15) is 58.2 Å². The van der Waals surface area contributed by atoms with Crippen LogP contribution in [0, 0.1) is 0 Å². The van der Waals surface area contributed by atoms with E-state index < -0.39 is 0 Å². The minimum absolute atomic E-state index is 0.0556. The zero-order valence-corrected chi connectivity index (χ0v) is 10.9. The van der Waals surface area contributed by atoms with Crippen molar-refractivity contribution in [3.05, 3.63) is 27.9 Å². The van der Waals surface area contributed by atoms with Crippen LogP contribution in [-0.4, -0.2) is 16.1 Å². The number of hydrogen-bond donors (Lipinski definition) is 1. The molecule has 94 valence electrons. The third kappa shape index (κ3) is 2.75. The number of rotatable bonds is 1. The number of H-pyrrole nitrogens is 1. The van der Waals surface area contributed by atoms with Crippen molar-refractivity contribution in [1.82, 2.24) is 9.97 Å². The van der Waals surface area contributed by atoms with E-state index >= 15 is 0 Å². The minimum Gasteiger partial charge on any atom is -0.367 e. The average molecular weight is 236 g/mol. The lowest BCUT2D eigenvalue weighted by Crippen LogP contribution is -2.22. The molecule has 2 heterocycles.